The molecule has 6 heteroatoms. The van der Waals surface area contributed by atoms with E-state index in [0.29, 0.717) is 12.5 Å². The van der Waals surface area contributed by atoms with Crippen LogP contribution in [0.25, 0.3) is 0 Å². The van der Waals surface area contributed by atoms with E-state index in [0.717, 1.165) is 17.4 Å². The van der Waals surface area contributed by atoms with Crippen LogP contribution in [0.2, 0.25) is 0 Å². The van der Waals surface area contributed by atoms with Crippen molar-refractivity contribution in [1.29, 1.82) is 0 Å². The molecule has 0 bridgehead atoms. The van der Waals surface area contributed by atoms with Gasteiger partial charge < -0.3 is 19.9 Å². The standard InChI is InChI=1S/C20H26N4OS/c1-13-12-16(14(2)24(13)15-7-8-15)19-18(17-6-3-4-9-21-17)22-20(26)23(19)10-5-11-25/h3-4,6,9,12,15,18-19,25H,5,7-8,10-11H2,1-2H3,(H,22,26)/t18-,19-/m0/s1. The maximum absolute atomic E-state index is 9.33. The molecule has 2 fully saturated rings. The summed E-state index contributed by atoms with van der Waals surface area (Å²) in [5, 5.41) is 13.6. The van der Waals surface area contributed by atoms with Gasteiger partial charge in [0.15, 0.2) is 5.11 Å². The van der Waals surface area contributed by atoms with Crippen molar-refractivity contribution in [1.82, 2.24) is 19.8 Å². The van der Waals surface area contributed by atoms with Crippen molar-refractivity contribution in [2.75, 3.05) is 13.2 Å². The van der Waals surface area contributed by atoms with Gasteiger partial charge in [-0.15, -0.1) is 0 Å². The molecule has 1 saturated carbocycles. The SMILES string of the molecule is Cc1cc([C@H]2[C@H](c3ccccn3)NC(=S)N2CCCO)c(C)n1C1CC1. The largest absolute Gasteiger partial charge is 0.396 e. The molecule has 0 amide bonds. The Morgan fingerprint density at radius 1 is 1.31 bits per heavy atom. The first-order valence-corrected chi connectivity index (χ1v) is 9.80. The lowest BCUT2D eigenvalue weighted by Gasteiger charge is -2.28. The quantitative estimate of drug-likeness (QED) is 0.765. The molecule has 2 aromatic rings. The van der Waals surface area contributed by atoms with Crippen LogP contribution in [0.4, 0.5) is 0 Å². The Labute approximate surface area is 160 Å². The summed E-state index contributed by atoms with van der Waals surface area (Å²) in [7, 11) is 0. The van der Waals surface area contributed by atoms with Gasteiger partial charge >= 0.3 is 0 Å². The van der Waals surface area contributed by atoms with E-state index in [1.807, 2.05) is 18.3 Å². The Morgan fingerprint density at radius 2 is 2.12 bits per heavy atom. The van der Waals surface area contributed by atoms with Crippen LogP contribution in [0.15, 0.2) is 30.5 Å². The number of aliphatic hydroxyl groups is 1. The van der Waals surface area contributed by atoms with Crippen molar-refractivity contribution in [2.24, 2.45) is 0 Å². The Balaban J connectivity index is 1.76. The Morgan fingerprint density at radius 3 is 2.77 bits per heavy atom. The number of nitrogens with zero attached hydrogens (tertiary/aromatic N) is 3. The number of hydrogen-bond acceptors (Lipinski definition) is 3. The minimum atomic E-state index is 0.0237. The van der Waals surface area contributed by atoms with E-state index in [9.17, 15) is 5.11 Å². The fraction of sp³-hybridized carbons (Fsp3) is 0.500. The van der Waals surface area contributed by atoms with Gasteiger partial charge in [0.25, 0.3) is 0 Å². The average molecular weight is 371 g/mol. The highest BCUT2D eigenvalue weighted by atomic mass is 32.1. The predicted molar refractivity (Wildman–Crippen MR) is 106 cm³/mol. The number of aromatic nitrogens is 2. The van der Waals surface area contributed by atoms with Crippen molar-refractivity contribution < 1.29 is 5.11 Å². The summed E-state index contributed by atoms with van der Waals surface area (Å²) in [6, 6.07) is 9.11. The maximum Gasteiger partial charge on any atom is 0.170 e. The molecule has 4 rings (SSSR count). The summed E-state index contributed by atoms with van der Waals surface area (Å²) in [5.74, 6) is 0. The predicted octanol–water partition coefficient (Wildman–Crippen LogP) is 3.19. The van der Waals surface area contributed by atoms with Crippen molar-refractivity contribution in [3.8, 4) is 0 Å². The van der Waals surface area contributed by atoms with E-state index in [-0.39, 0.29) is 18.7 Å². The number of nitrogens with one attached hydrogen (secondary N) is 1. The molecule has 2 atom stereocenters. The van der Waals surface area contributed by atoms with Gasteiger partial charge in [-0.3, -0.25) is 4.98 Å². The lowest BCUT2D eigenvalue weighted by atomic mass is 9.96. The van der Waals surface area contributed by atoms with Gasteiger partial charge in [-0.05, 0) is 69.1 Å². The summed E-state index contributed by atoms with van der Waals surface area (Å²) in [5.41, 5.74) is 4.97. The first-order valence-electron chi connectivity index (χ1n) is 9.39. The Hall–Kier alpha value is -1.92. The molecule has 1 aliphatic carbocycles. The van der Waals surface area contributed by atoms with Crippen LogP contribution in [0.5, 0.6) is 0 Å². The zero-order valence-electron chi connectivity index (χ0n) is 15.4. The van der Waals surface area contributed by atoms with Gasteiger partial charge in [0.1, 0.15) is 0 Å². The second-order valence-electron chi connectivity index (χ2n) is 7.32. The first-order chi connectivity index (χ1) is 12.6. The van der Waals surface area contributed by atoms with Gasteiger partial charge in [0.2, 0.25) is 0 Å². The third-order valence-corrected chi connectivity index (χ3v) is 5.86. The zero-order chi connectivity index (χ0) is 18.3. The molecule has 0 radical (unpaired) electrons. The minimum Gasteiger partial charge on any atom is -0.396 e. The topological polar surface area (TPSA) is 53.3 Å². The molecular formula is C20H26N4OS. The molecule has 0 aromatic carbocycles. The van der Waals surface area contributed by atoms with Gasteiger partial charge in [-0.1, -0.05) is 6.07 Å². The second kappa shape index (κ2) is 7.00. The molecule has 0 spiro atoms. The third kappa shape index (κ3) is 3.01. The van der Waals surface area contributed by atoms with Crippen LogP contribution in [0.1, 0.15) is 60.0 Å². The van der Waals surface area contributed by atoms with Gasteiger partial charge in [-0.25, -0.2) is 0 Å². The summed E-state index contributed by atoms with van der Waals surface area (Å²) in [4.78, 5) is 6.81. The monoisotopic (exact) mass is 370 g/mol. The zero-order valence-corrected chi connectivity index (χ0v) is 16.2. The Kier molecular flexibility index (Phi) is 4.71. The average Bonchev–Trinajstić information content (AvgIpc) is 3.36. The molecule has 1 aliphatic heterocycles. The van der Waals surface area contributed by atoms with Crippen molar-refractivity contribution >= 4 is 17.3 Å². The van der Waals surface area contributed by atoms with Crippen molar-refractivity contribution in [2.45, 2.75) is 51.2 Å². The second-order valence-corrected chi connectivity index (χ2v) is 7.71. The molecular weight excluding hydrogens is 344 g/mol. The molecule has 0 unspecified atom stereocenters. The molecule has 2 aromatic heterocycles. The first kappa shape index (κ1) is 17.5. The number of aliphatic hydroxyl groups excluding tert-OH is 1. The summed E-state index contributed by atoms with van der Waals surface area (Å²) < 4.78 is 2.48. The maximum atomic E-state index is 9.33. The number of thiocarbonyl (C=S) groups is 1. The van der Waals surface area contributed by atoms with Crippen LogP contribution in [0, 0.1) is 13.8 Å². The smallest absolute Gasteiger partial charge is 0.170 e. The lowest BCUT2D eigenvalue weighted by molar-refractivity contribution is 0.247. The van der Waals surface area contributed by atoms with Crippen molar-refractivity contribution in [3.05, 3.63) is 53.1 Å². The van der Waals surface area contributed by atoms with E-state index in [2.05, 4.69) is 45.7 Å². The van der Waals surface area contributed by atoms with Crippen LogP contribution in [-0.2, 0) is 0 Å². The molecule has 138 valence electrons. The molecule has 3 heterocycles. The van der Waals surface area contributed by atoms with E-state index in [1.165, 1.54) is 29.8 Å². The highest BCUT2D eigenvalue weighted by molar-refractivity contribution is 7.80. The van der Waals surface area contributed by atoms with E-state index in [1.54, 1.807) is 0 Å². The van der Waals surface area contributed by atoms with Gasteiger partial charge in [0, 0.05) is 36.8 Å². The number of hydrogen-bond donors (Lipinski definition) is 2. The molecule has 5 nitrogen and oxygen atoms in total. The lowest BCUT2D eigenvalue weighted by Crippen LogP contribution is -2.31. The van der Waals surface area contributed by atoms with Crippen LogP contribution >= 0.6 is 12.2 Å². The van der Waals surface area contributed by atoms with Crippen LogP contribution < -0.4 is 5.32 Å². The van der Waals surface area contributed by atoms with Crippen LogP contribution in [0.3, 0.4) is 0 Å². The van der Waals surface area contributed by atoms with E-state index >= 15 is 0 Å². The summed E-state index contributed by atoms with van der Waals surface area (Å²) in [6.45, 7) is 5.33. The Bertz CT molecular complexity index is 800. The van der Waals surface area contributed by atoms with E-state index < -0.39 is 0 Å². The third-order valence-electron chi connectivity index (χ3n) is 5.51. The molecule has 26 heavy (non-hydrogen) atoms. The highest BCUT2D eigenvalue weighted by Crippen LogP contribution is 2.44. The fourth-order valence-corrected chi connectivity index (χ4v) is 4.55. The highest BCUT2D eigenvalue weighted by Gasteiger charge is 2.41. The van der Waals surface area contributed by atoms with E-state index in [4.69, 9.17) is 12.2 Å². The van der Waals surface area contributed by atoms with Crippen molar-refractivity contribution in [3.63, 3.8) is 0 Å². The summed E-state index contributed by atoms with van der Waals surface area (Å²) in [6.07, 6.45) is 5.08. The molecule has 2 aliphatic rings. The number of pyridine rings is 1. The fourth-order valence-electron chi connectivity index (χ4n) is 4.22. The molecule has 2 N–H and O–H groups in total. The normalized spacial score (nSPS) is 22.7. The van der Waals surface area contributed by atoms with Crippen LogP contribution in [-0.4, -0.2) is 37.8 Å². The number of aryl methyl sites for hydroxylation is 1. The van der Waals surface area contributed by atoms with Gasteiger partial charge in [0.05, 0.1) is 17.8 Å². The minimum absolute atomic E-state index is 0.0237. The van der Waals surface area contributed by atoms with Gasteiger partial charge in [-0.2, -0.15) is 0 Å². The molecule has 1 saturated heterocycles. The summed E-state index contributed by atoms with van der Waals surface area (Å²) >= 11 is 5.65. The number of rotatable bonds is 6.